The number of rotatable bonds is 7. The summed E-state index contributed by atoms with van der Waals surface area (Å²) in [5.41, 5.74) is 3.42. The van der Waals surface area contributed by atoms with Gasteiger partial charge in [0.15, 0.2) is 11.3 Å². The summed E-state index contributed by atoms with van der Waals surface area (Å²) >= 11 is 0. The van der Waals surface area contributed by atoms with E-state index < -0.39 is 0 Å². The van der Waals surface area contributed by atoms with Crippen LogP contribution in [0.25, 0.3) is 5.65 Å². The molecule has 5 heteroatoms. The highest BCUT2D eigenvalue weighted by Gasteiger charge is 2.21. The van der Waals surface area contributed by atoms with E-state index in [1.807, 2.05) is 11.4 Å². The van der Waals surface area contributed by atoms with Gasteiger partial charge in [-0.05, 0) is 38.2 Å². The zero-order valence-electron chi connectivity index (χ0n) is 16.3. The van der Waals surface area contributed by atoms with Crippen molar-refractivity contribution in [2.75, 3.05) is 6.61 Å². The van der Waals surface area contributed by atoms with Crippen molar-refractivity contribution in [3.05, 3.63) is 29.2 Å². The quantitative estimate of drug-likeness (QED) is 0.659. The first-order valence-electron chi connectivity index (χ1n) is 10.2. The van der Waals surface area contributed by atoms with Gasteiger partial charge in [0.2, 0.25) is 0 Å². The molecule has 5 nitrogen and oxygen atoms in total. The van der Waals surface area contributed by atoms with E-state index in [1.165, 1.54) is 37.8 Å². The molecular weight excluding hydrogens is 326 g/mol. The van der Waals surface area contributed by atoms with E-state index in [4.69, 9.17) is 9.72 Å². The van der Waals surface area contributed by atoms with Gasteiger partial charge in [0.1, 0.15) is 0 Å². The third-order valence-electron chi connectivity index (χ3n) is 5.62. The molecule has 0 spiro atoms. The fourth-order valence-corrected chi connectivity index (χ4v) is 4.15. The van der Waals surface area contributed by atoms with Crippen LogP contribution in [0.3, 0.4) is 0 Å². The molecule has 2 heterocycles. The Kier molecular flexibility index (Phi) is 6.28. The van der Waals surface area contributed by atoms with E-state index in [0.717, 1.165) is 36.5 Å². The van der Waals surface area contributed by atoms with Crippen LogP contribution >= 0.6 is 0 Å². The first-order valence-corrected chi connectivity index (χ1v) is 10.2. The summed E-state index contributed by atoms with van der Waals surface area (Å²) in [5, 5.41) is 4.52. The molecule has 1 aliphatic carbocycles. The summed E-state index contributed by atoms with van der Waals surface area (Å²) < 4.78 is 6.98. The predicted octanol–water partition coefficient (Wildman–Crippen LogP) is 4.93. The SMILES string of the molecule is CCOC(=O)c1cc2nc(CC3CCCCC3)cc(C(CC)CC)n2n1. The van der Waals surface area contributed by atoms with Crippen molar-refractivity contribution in [1.29, 1.82) is 0 Å². The van der Waals surface area contributed by atoms with Crippen molar-refractivity contribution in [3.63, 3.8) is 0 Å². The lowest BCUT2D eigenvalue weighted by Gasteiger charge is -2.22. The third-order valence-corrected chi connectivity index (χ3v) is 5.62. The third kappa shape index (κ3) is 4.08. The fraction of sp³-hybridized carbons (Fsp3) is 0.667. The summed E-state index contributed by atoms with van der Waals surface area (Å²) in [6, 6.07) is 4.00. The molecule has 0 N–H and O–H groups in total. The number of fused-ring (bicyclic) bond motifs is 1. The standard InChI is InChI=1S/C21H31N3O2/c1-4-16(5-2)19-13-17(12-15-10-8-7-9-11-15)22-20-14-18(23-24(19)20)21(25)26-6-3/h13-16H,4-12H2,1-3H3. The van der Waals surface area contributed by atoms with Crippen molar-refractivity contribution in [3.8, 4) is 0 Å². The molecular formula is C21H31N3O2. The van der Waals surface area contributed by atoms with Gasteiger partial charge in [-0.2, -0.15) is 5.10 Å². The average Bonchev–Trinajstić information content (AvgIpc) is 3.08. The Morgan fingerprint density at radius 3 is 2.58 bits per heavy atom. The zero-order valence-corrected chi connectivity index (χ0v) is 16.3. The Balaban J connectivity index is 1.99. The van der Waals surface area contributed by atoms with Crippen LogP contribution in [0.4, 0.5) is 0 Å². The minimum absolute atomic E-state index is 0.348. The Morgan fingerprint density at radius 2 is 1.92 bits per heavy atom. The zero-order chi connectivity index (χ0) is 18.5. The second-order valence-electron chi connectivity index (χ2n) is 7.41. The second-order valence-corrected chi connectivity index (χ2v) is 7.41. The number of esters is 1. The van der Waals surface area contributed by atoms with E-state index in [9.17, 15) is 4.79 Å². The van der Waals surface area contributed by atoms with Gasteiger partial charge in [0.25, 0.3) is 0 Å². The number of carbonyl (C=O) groups is 1. The number of carbonyl (C=O) groups excluding carboxylic acids is 1. The maximum atomic E-state index is 12.1. The number of hydrogen-bond acceptors (Lipinski definition) is 4. The van der Waals surface area contributed by atoms with E-state index in [2.05, 4.69) is 25.0 Å². The molecule has 2 aromatic heterocycles. The molecule has 1 aliphatic rings. The first-order chi connectivity index (χ1) is 12.7. The molecule has 0 atom stereocenters. The maximum Gasteiger partial charge on any atom is 0.358 e. The number of aromatic nitrogens is 3. The number of ether oxygens (including phenoxy) is 1. The molecule has 2 aromatic rings. The summed E-state index contributed by atoms with van der Waals surface area (Å²) in [4.78, 5) is 16.9. The summed E-state index contributed by atoms with van der Waals surface area (Å²) in [6.07, 6.45) is 9.79. The first kappa shape index (κ1) is 18.9. The monoisotopic (exact) mass is 357 g/mol. The molecule has 0 aliphatic heterocycles. The highest BCUT2D eigenvalue weighted by Crippen LogP contribution is 2.29. The molecule has 0 unspecified atom stereocenters. The molecule has 3 rings (SSSR count). The highest BCUT2D eigenvalue weighted by molar-refractivity contribution is 5.88. The van der Waals surface area contributed by atoms with Crippen LogP contribution in [0.15, 0.2) is 12.1 Å². The largest absolute Gasteiger partial charge is 0.461 e. The Labute approximate surface area is 156 Å². The molecule has 0 amide bonds. The van der Waals surface area contributed by atoms with Gasteiger partial charge >= 0.3 is 5.97 Å². The number of nitrogens with zero attached hydrogens (tertiary/aromatic N) is 3. The second kappa shape index (κ2) is 8.65. The minimum atomic E-state index is -0.373. The van der Waals surface area contributed by atoms with Crippen molar-refractivity contribution >= 4 is 11.6 Å². The van der Waals surface area contributed by atoms with Crippen LogP contribution in [-0.2, 0) is 11.2 Å². The highest BCUT2D eigenvalue weighted by atomic mass is 16.5. The maximum absolute atomic E-state index is 12.1. The van der Waals surface area contributed by atoms with Gasteiger partial charge in [-0.3, -0.25) is 0 Å². The van der Waals surface area contributed by atoms with Crippen molar-refractivity contribution < 1.29 is 9.53 Å². The van der Waals surface area contributed by atoms with Gasteiger partial charge in [-0.1, -0.05) is 46.0 Å². The van der Waals surface area contributed by atoms with Gasteiger partial charge in [0, 0.05) is 23.4 Å². The predicted molar refractivity (Wildman–Crippen MR) is 103 cm³/mol. The topological polar surface area (TPSA) is 56.5 Å². The van der Waals surface area contributed by atoms with E-state index >= 15 is 0 Å². The van der Waals surface area contributed by atoms with Gasteiger partial charge in [0.05, 0.1) is 6.61 Å². The Morgan fingerprint density at radius 1 is 1.19 bits per heavy atom. The van der Waals surface area contributed by atoms with Crippen LogP contribution in [-0.4, -0.2) is 27.2 Å². The van der Waals surface area contributed by atoms with Gasteiger partial charge in [-0.15, -0.1) is 0 Å². The molecule has 26 heavy (non-hydrogen) atoms. The van der Waals surface area contributed by atoms with E-state index in [-0.39, 0.29) is 5.97 Å². The molecule has 142 valence electrons. The van der Waals surface area contributed by atoms with Gasteiger partial charge < -0.3 is 4.74 Å². The van der Waals surface area contributed by atoms with Crippen molar-refractivity contribution in [2.45, 2.75) is 78.1 Å². The van der Waals surface area contributed by atoms with E-state index in [1.54, 1.807) is 6.07 Å². The van der Waals surface area contributed by atoms with E-state index in [0.29, 0.717) is 18.2 Å². The Hall–Kier alpha value is -1.91. The van der Waals surface area contributed by atoms with Crippen LogP contribution in [0.2, 0.25) is 0 Å². The lowest BCUT2D eigenvalue weighted by Crippen LogP contribution is -2.13. The number of hydrogen-bond donors (Lipinski definition) is 0. The van der Waals surface area contributed by atoms with Crippen LogP contribution < -0.4 is 0 Å². The van der Waals surface area contributed by atoms with Crippen molar-refractivity contribution in [2.24, 2.45) is 5.92 Å². The lowest BCUT2D eigenvalue weighted by molar-refractivity contribution is 0.0519. The fourth-order valence-electron chi connectivity index (χ4n) is 4.15. The molecule has 1 saturated carbocycles. The van der Waals surface area contributed by atoms with Crippen molar-refractivity contribution in [1.82, 2.24) is 14.6 Å². The Bertz CT molecular complexity index is 743. The normalized spacial score (nSPS) is 15.7. The average molecular weight is 357 g/mol. The molecule has 0 bridgehead atoms. The smallest absolute Gasteiger partial charge is 0.358 e. The molecule has 0 aromatic carbocycles. The summed E-state index contributed by atoms with van der Waals surface area (Å²) in [6.45, 7) is 6.57. The van der Waals surface area contributed by atoms with Crippen LogP contribution in [0.1, 0.15) is 93.5 Å². The van der Waals surface area contributed by atoms with Crippen LogP contribution in [0.5, 0.6) is 0 Å². The summed E-state index contributed by atoms with van der Waals surface area (Å²) in [5.74, 6) is 0.781. The molecule has 0 radical (unpaired) electrons. The lowest BCUT2D eigenvalue weighted by atomic mass is 9.85. The summed E-state index contributed by atoms with van der Waals surface area (Å²) in [7, 11) is 0. The van der Waals surface area contributed by atoms with Gasteiger partial charge in [-0.25, -0.2) is 14.3 Å². The minimum Gasteiger partial charge on any atom is -0.461 e. The molecule has 0 saturated heterocycles. The van der Waals surface area contributed by atoms with Crippen LogP contribution in [0, 0.1) is 5.92 Å². The molecule has 1 fully saturated rings.